The second-order valence-electron chi connectivity index (χ2n) is 4.79. The van der Waals surface area contributed by atoms with Gasteiger partial charge in [-0.05, 0) is 38.5 Å². The Balaban J connectivity index is 1.84. The van der Waals surface area contributed by atoms with Crippen molar-refractivity contribution in [2.75, 3.05) is 18.0 Å². The molecule has 1 aromatic carbocycles. The van der Waals surface area contributed by atoms with Crippen molar-refractivity contribution >= 4 is 17.0 Å². The molecule has 2 aromatic rings. The number of nitrogens with one attached hydrogen (secondary N) is 1. The lowest BCUT2D eigenvalue weighted by Gasteiger charge is -2.21. The van der Waals surface area contributed by atoms with Crippen LogP contribution in [0, 0.1) is 6.92 Å². The fraction of sp³-hybridized carbons (Fsp3) is 0.438. The Bertz CT molecular complexity index is 515. The molecule has 0 spiro atoms. The zero-order valence-electron chi connectivity index (χ0n) is 12.5. The summed E-state index contributed by atoms with van der Waals surface area (Å²) in [4.78, 5) is 7.92. The average molecular weight is 289 g/mol. The van der Waals surface area contributed by atoms with Gasteiger partial charge in [-0.3, -0.25) is 0 Å². The van der Waals surface area contributed by atoms with Crippen LogP contribution in [0.2, 0.25) is 0 Å². The zero-order valence-corrected chi connectivity index (χ0v) is 13.3. The minimum atomic E-state index is 0.892. The van der Waals surface area contributed by atoms with E-state index >= 15 is 0 Å². The summed E-state index contributed by atoms with van der Waals surface area (Å²) in [5, 5.41) is 4.59. The molecule has 1 N–H and O–H groups in total. The second-order valence-corrected chi connectivity index (χ2v) is 6.11. The maximum Gasteiger partial charge on any atom is 0.0897 e. The minimum absolute atomic E-state index is 0.892. The maximum atomic E-state index is 4.27. The molecule has 4 heteroatoms. The number of anilines is 1. The zero-order chi connectivity index (χ0) is 14.4. The van der Waals surface area contributed by atoms with Crippen molar-refractivity contribution in [3.8, 4) is 0 Å². The fourth-order valence-corrected chi connectivity index (χ4v) is 2.99. The van der Waals surface area contributed by atoms with Crippen molar-refractivity contribution in [3.05, 3.63) is 45.9 Å². The van der Waals surface area contributed by atoms with Crippen molar-refractivity contribution in [1.82, 2.24) is 10.3 Å². The van der Waals surface area contributed by atoms with Crippen LogP contribution >= 0.6 is 11.3 Å². The number of benzene rings is 1. The van der Waals surface area contributed by atoms with Crippen molar-refractivity contribution < 1.29 is 0 Å². The molecule has 0 amide bonds. The monoisotopic (exact) mass is 289 g/mol. The lowest BCUT2D eigenvalue weighted by atomic mass is 10.2. The Kier molecular flexibility index (Phi) is 5.56. The summed E-state index contributed by atoms with van der Waals surface area (Å²) in [6.07, 6.45) is 1.95. The van der Waals surface area contributed by atoms with Gasteiger partial charge in [-0.15, -0.1) is 11.3 Å². The first-order chi connectivity index (χ1) is 9.72. The van der Waals surface area contributed by atoms with Gasteiger partial charge in [0.1, 0.15) is 0 Å². The molecule has 0 bridgehead atoms. The third kappa shape index (κ3) is 4.05. The van der Waals surface area contributed by atoms with Gasteiger partial charge < -0.3 is 10.2 Å². The average Bonchev–Trinajstić information content (AvgIpc) is 2.87. The molecule has 108 valence electrons. The number of hydrogen-bond donors (Lipinski definition) is 1. The molecule has 0 fully saturated rings. The van der Waals surface area contributed by atoms with Gasteiger partial charge in [-0.1, -0.05) is 12.1 Å². The molecule has 0 aliphatic heterocycles. The molecule has 0 aliphatic rings. The summed E-state index contributed by atoms with van der Waals surface area (Å²) in [5.74, 6) is 0. The van der Waals surface area contributed by atoms with E-state index in [1.165, 1.54) is 16.1 Å². The SMILES string of the molecule is CCN(CC)c1ccc(CNCc2cnc(C)s2)cc1. The molecule has 0 aliphatic carbocycles. The van der Waals surface area contributed by atoms with Crippen molar-refractivity contribution in [2.45, 2.75) is 33.9 Å². The maximum absolute atomic E-state index is 4.27. The Hall–Kier alpha value is -1.39. The van der Waals surface area contributed by atoms with E-state index in [1.54, 1.807) is 11.3 Å². The topological polar surface area (TPSA) is 28.2 Å². The van der Waals surface area contributed by atoms with Crippen LogP contribution in [-0.4, -0.2) is 18.1 Å². The summed E-state index contributed by atoms with van der Waals surface area (Å²) in [6.45, 7) is 10.3. The highest BCUT2D eigenvalue weighted by Gasteiger charge is 2.02. The molecular weight excluding hydrogens is 266 g/mol. The number of rotatable bonds is 7. The number of nitrogens with zero attached hydrogens (tertiary/aromatic N) is 2. The molecule has 0 unspecified atom stereocenters. The predicted molar refractivity (Wildman–Crippen MR) is 87.4 cm³/mol. The van der Waals surface area contributed by atoms with Crippen LogP contribution in [0.25, 0.3) is 0 Å². The largest absolute Gasteiger partial charge is 0.372 e. The Morgan fingerprint density at radius 1 is 1.10 bits per heavy atom. The van der Waals surface area contributed by atoms with E-state index < -0.39 is 0 Å². The van der Waals surface area contributed by atoms with Crippen LogP contribution in [0.4, 0.5) is 5.69 Å². The van der Waals surface area contributed by atoms with E-state index in [0.29, 0.717) is 0 Å². The van der Waals surface area contributed by atoms with Crippen molar-refractivity contribution in [3.63, 3.8) is 0 Å². The van der Waals surface area contributed by atoms with Crippen LogP contribution < -0.4 is 10.2 Å². The highest BCUT2D eigenvalue weighted by molar-refractivity contribution is 7.11. The van der Waals surface area contributed by atoms with E-state index in [1.807, 2.05) is 13.1 Å². The predicted octanol–water partition coefficient (Wildman–Crippen LogP) is 3.59. The van der Waals surface area contributed by atoms with Gasteiger partial charge in [0, 0.05) is 42.9 Å². The smallest absolute Gasteiger partial charge is 0.0897 e. The number of aromatic nitrogens is 1. The van der Waals surface area contributed by atoms with Gasteiger partial charge in [0.05, 0.1) is 5.01 Å². The number of aryl methyl sites for hydroxylation is 1. The van der Waals surface area contributed by atoms with Gasteiger partial charge in [0.2, 0.25) is 0 Å². The van der Waals surface area contributed by atoms with E-state index in [-0.39, 0.29) is 0 Å². The van der Waals surface area contributed by atoms with Gasteiger partial charge in [0.25, 0.3) is 0 Å². The van der Waals surface area contributed by atoms with Gasteiger partial charge >= 0.3 is 0 Å². The summed E-state index contributed by atoms with van der Waals surface area (Å²) < 4.78 is 0. The summed E-state index contributed by atoms with van der Waals surface area (Å²) in [6, 6.07) is 8.83. The molecule has 2 rings (SSSR count). The Labute approximate surface area is 125 Å². The van der Waals surface area contributed by atoms with E-state index in [2.05, 4.69) is 53.3 Å². The quantitative estimate of drug-likeness (QED) is 0.844. The van der Waals surface area contributed by atoms with Crippen LogP contribution in [-0.2, 0) is 13.1 Å². The van der Waals surface area contributed by atoms with Gasteiger partial charge in [-0.2, -0.15) is 0 Å². The third-order valence-electron chi connectivity index (χ3n) is 3.36. The first-order valence-electron chi connectivity index (χ1n) is 7.18. The molecule has 0 saturated heterocycles. The third-order valence-corrected chi connectivity index (χ3v) is 4.28. The van der Waals surface area contributed by atoms with Crippen LogP contribution in [0.3, 0.4) is 0 Å². The highest BCUT2D eigenvalue weighted by Crippen LogP contribution is 2.15. The summed E-state index contributed by atoms with van der Waals surface area (Å²) in [5.41, 5.74) is 2.62. The van der Waals surface area contributed by atoms with E-state index in [9.17, 15) is 0 Å². The highest BCUT2D eigenvalue weighted by atomic mass is 32.1. The molecule has 1 heterocycles. The normalized spacial score (nSPS) is 10.8. The van der Waals surface area contributed by atoms with Crippen LogP contribution in [0.15, 0.2) is 30.5 Å². The lowest BCUT2D eigenvalue weighted by molar-refractivity contribution is 0.700. The Morgan fingerprint density at radius 2 is 1.80 bits per heavy atom. The van der Waals surface area contributed by atoms with Crippen LogP contribution in [0.5, 0.6) is 0 Å². The first-order valence-corrected chi connectivity index (χ1v) is 8.00. The van der Waals surface area contributed by atoms with Gasteiger partial charge in [0.15, 0.2) is 0 Å². The van der Waals surface area contributed by atoms with Crippen molar-refractivity contribution in [2.24, 2.45) is 0 Å². The minimum Gasteiger partial charge on any atom is -0.372 e. The molecule has 0 radical (unpaired) electrons. The molecule has 3 nitrogen and oxygen atoms in total. The molecule has 0 saturated carbocycles. The fourth-order valence-electron chi connectivity index (χ4n) is 2.23. The molecule has 1 aromatic heterocycles. The molecular formula is C16H23N3S. The van der Waals surface area contributed by atoms with E-state index in [0.717, 1.165) is 31.2 Å². The second kappa shape index (κ2) is 7.41. The van der Waals surface area contributed by atoms with Crippen LogP contribution in [0.1, 0.15) is 29.3 Å². The first kappa shape index (κ1) is 15.0. The van der Waals surface area contributed by atoms with E-state index in [4.69, 9.17) is 0 Å². The molecule has 0 atom stereocenters. The summed E-state index contributed by atoms with van der Waals surface area (Å²) in [7, 11) is 0. The summed E-state index contributed by atoms with van der Waals surface area (Å²) >= 11 is 1.75. The van der Waals surface area contributed by atoms with Gasteiger partial charge in [-0.25, -0.2) is 4.98 Å². The molecule has 20 heavy (non-hydrogen) atoms. The standard InChI is InChI=1S/C16H23N3S/c1-4-19(5-2)15-8-6-14(7-9-15)10-17-11-16-12-18-13(3)20-16/h6-9,12,17H,4-5,10-11H2,1-3H3. The Morgan fingerprint density at radius 3 is 2.35 bits per heavy atom. The number of hydrogen-bond acceptors (Lipinski definition) is 4. The lowest BCUT2D eigenvalue weighted by Crippen LogP contribution is -2.21. The van der Waals surface area contributed by atoms with Crippen molar-refractivity contribution in [1.29, 1.82) is 0 Å². The number of thiazole rings is 1.